The summed E-state index contributed by atoms with van der Waals surface area (Å²) in [6, 6.07) is 24.1. The summed E-state index contributed by atoms with van der Waals surface area (Å²) in [6.07, 6.45) is 0. The number of hydrogen-bond donors (Lipinski definition) is 2. The molecule has 0 aliphatic rings. The lowest BCUT2D eigenvalue weighted by molar-refractivity contribution is -0.118. The lowest BCUT2D eigenvalue weighted by Crippen LogP contribution is -2.21. The van der Waals surface area contributed by atoms with Crippen molar-refractivity contribution in [3.63, 3.8) is 0 Å². The number of hydrogen-bond acceptors (Lipinski definition) is 5. The van der Waals surface area contributed by atoms with Crippen LogP contribution >= 0.6 is 11.8 Å². The van der Waals surface area contributed by atoms with Crippen LogP contribution in [-0.4, -0.2) is 30.4 Å². The van der Waals surface area contributed by atoms with E-state index in [0.29, 0.717) is 22.7 Å². The number of anilines is 1. The Morgan fingerprint density at radius 2 is 1.59 bits per heavy atom. The Bertz CT molecular complexity index is 1070. The first-order valence-corrected chi connectivity index (χ1v) is 11.2. The summed E-state index contributed by atoms with van der Waals surface area (Å²) >= 11 is 1.52. The lowest BCUT2D eigenvalue weighted by atomic mass is 10.1. The molecule has 0 radical (unpaired) electrons. The fourth-order valence-electron chi connectivity index (χ4n) is 2.81. The third-order valence-electron chi connectivity index (χ3n) is 4.61. The molecule has 0 bridgehead atoms. The first-order chi connectivity index (χ1) is 15.5. The van der Waals surface area contributed by atoms with Crippen LogP contribution < -0.4 is 15.5 Å². The van der Waals surface area contributed by atoms with Crippen LogP contribution in [0.5, 0.6) is 5.75 Å². The molecule has 0 atom stereocenters. The van der Waals surface area contributed by atoms with Crippen LogP contribution in [0.25, 0.3) is 0 Å². The molecule has 0 fully saturated rings. The van der Waals surface area contributed by atoms with Gasteiger partial charge in [0.2, 0.25) is 5.91 Å². The number of ether oxygens (including phenoxy) is 1. The van der Waals surface area contributed by atoms with E-state index in [9.17, 15) is 9.59 Å². The number of thioether (sulfide) groups is 1. The van der Waals surface area contributed by atoms with Crippen molar-refractivity contribution in [2.24, 2.45) is 5.10 Å². The number of benzene rings is 3. The fraction of sp³-hybridized carbons (Fsp3) is 0.160. The SMILES string of the molecule is COc1ccc(CSCC(=O)N/N=C(/C)c2ccc(NC(=O)c3ccccc3)cc2)cc1. The summed E-state index contributed by atoms with van der Waals surface area (Å²) in [4.78, 5) is 24.3. The second-order valence-corrected chi connectivity index (χ2v) is 7.96. The maximum Gasteiger partial charge on any atom is 0.255 e. The fourth-order valence-corrected chi connectivity index (χ4v) is 3.59. The first kappa shape index (κ1) is 23.1. The van der Waals surface area contributed by atoms with Gasteiger partial charge in [-0.05, 0) is 54.4 Å². The largest absolute Gasteiger partial charge is 0.497 e. The van der Waals surface area contributed by atoms with Gasteiger partial charge in [-0.1, -0.05) is 42.5 Å². The highest BCUT2D eigenvalue weighted by atomic mass is 32.2. The van der Waals surface area contributed by atoms with Crippen molar-refractivity contribution in [3.05, 3.63) is 95.6 Å². The summed E-state index contributed by atoms with van der Waals surface area (Å²) in [5.74, 6) is 1.54. The smallest absolute Gasteiger partial charge is 0.255 e. The second kappa shape index (κ2) is 11.7. The van der Waals surface area contributed by atoms with Gasteiger partial charge in [-0.2, -0.15) is 5.10 Å². The monoisotopic (exact) mass is 447 g/mol. The van der Waals surface area contributed by atoms with Gasteiger partial charge in [0.15, 0.2) is 0 Å². The van der Waals surface area contributed by atoms with Gasteiger partial charge in [0.05, 0.1) is 18.6 Å². The Hall–Kier alpha value is -3.58. The highest BCUT2D eigenvalue weighted by molar-refractivity contribution is 7.99. The number of carbonyl (C=O) groups excluding carboxylic acids is 2. The van der Waals surface area contributed by atoms with E-state index >= 15 is 0 Å². The van der Waals surface area contributed by atoms with E-state index < -0.39 is 0 Å². The van der Waals surface area contributed by atoms with Crippen molar-refractivity contribution in [1.82, 2.24) is 5.43 Å². The average molecular weight is 448 g/mol. The summed E-state index contributed by atoms with van der Waals surface area (Å²) in [5.41, 5.74) is 6.54. The number of rotatable bonds is 9. The van der Waals surface area contributed by atoms with E-state index in [1.54, 1.807) is 19.2 Å². The van der Waals surface area contributed by atoms with Gasteiger partial charge in [0, 0.05) is 17.0 Å². The van der Waals surface area contributed by atoms with Crippen LogP contribution in [0, 0.1) is 0 Å². The van der Waals surface area contributed by atoms with Crippen molar-refractivity contribution in [3.8, 4) is 5.75 Å². The van der Waals surface area contributed by atoms with E-state index in [4.69, 9.17) is 4.74 Å². The predicted molar refractivity (Wildman–Crippen MR) is 130 cm³/mol. The quantitative estimate of drug-likeness (QED) is 0.367. The molecule has 6 nitrogen and oxygen atoms in total. The van der Waals surface area contributed by atoms with E-state index in [1.165, 1.54) is 11.8 Å². The molecular weight excluding hydrogens is 422 g/mol. The number of methoxy groups -OCH3 is 1. The van der Waals surface area contributed by atoms with Crippen molar-refractivity contribution in [2.45, 2.75) is 12.7 Å². The van der Waals surface area contributed by atoms with Crippen LogP contribution in [0.1, 0.15) is 28.4 Å². The molecule has 3 aromatic rings. The number of hydrazone groups is 1. The van der Waals surface area contributed by atoms with Gasteiger partial charge >= 0.3 is 0 Å². The van der Waals surface area contributed by atoms with Gasteiger partial charge in [-0.3, -0.25) is 9.59 Å². The van der Waals surface area contributed by atoms with Crippen LogP contribution in [-0.2, 0) is 10.5 Å². The third kappa shape index (κ3) is 6.99. The van der Waals surface area contributed by atoms with Gasteiger partial charge < -0.3 is 10.1 Å². The molecule has 3 rings (SSSR count). The number of amides is 2. The molecule has 2 amide bonds. The van der Waals surface area contributed by atoms with Crippen LogP contribution in [0.3, 0.4) is 0 Å². The number of carbonyl (C=O) groups is 2. The highest BCUT2D eigenvalue weighted by Crippen LogP contribution is 2.16. The van der Waals surface area contributed by atoms with Crippen molar-refractivity contribution >= 4 is 35.0 Å². The van der Waals surface area contributed by atoms with E-state index in [-0.39, 0.29) is 11.8 Å². The zero-order chi connectivity index (χ0) is 22.8. The summed E-state index contributed by atoms with van der Waals surface area (Å²) in [6.45, 7) is 1.82. The third-order valence-corrected chi connectivity index (χ3v) is 5.61. The predicted octanol–water partition coefficient (Wildman–Crippen LogP) is 4.72. The lowest BCUT2D eigenvalue weighted by Gasteiger charge is -2.07. The summed E-state index contributed by atoms with van der Waals surface area (Å²) in [5, 5.41) is 7.04. The zero-order valence-electron chi connectivity index (χ0n) is 18.0. The van der Waals surface area contributed by atoms with Gasteiger partial charge in [0.1, 0.15) is 5.75 Å². The van der Waals surface area contributed by atoms with Crippen LogP contribution in [0.2, 0.25) is 0 Å². The first-order valence-electron chi connectivity index (χ1n) is 10.1. The van der Waals surface area contributed by atoms with Crippen molar-refractivity contribution in [1.29, 1.82) is 0 Å². The Kier molecular flexibility index (Phi) is 8.45. The molecule has 0 unspecified atom stereocenters. The Balaban J connectivity index is 1.45. The molecule has 7 heteroatoms. The molecule has 0 aromatic heterocycles. The van der Waals surface area contributed by atoms with Crippen molar-refractivity contribution < 1.29 is 14.3 Å². The molecule has 0 saturated carbocycles. The van der Waals surface area contributed by atoms with E-state index in [1.807, 2.05) is 73.7 Å². The molecule has 164 valence electrons. The van der Waals surface area contributed by atoms with Gasteiger partial charge in [0.25, 0.3) is 5.91 Å². The average Bonchev–Trinajstić information content (AvgIpc) is 2.84. The van der Waals surface area contributed by atoms with Gasteiger partial charge in [-0.15, -0.1) is 11.8 Å². The maximum absolute atomic E-state index is 12.2. The standard InChI is InChI=1S/C25H25N3O3S/c1-18(27-28-24(29)17-32-16-19-8-14-23(31-2)15-9-19)20-10-12-22(13-11-20)26-25(30)21-6-4-3-5-7-21/h3-15H,16-17H2,1-2H3,(H,26,30)(H,28,29)/b27-18-. The normalized spacial score (nSPS) is 11.0. The summed E-state index contributed by atoms with van der Waals surface area (Å²) in [7, 11) is 1.63. The minimum absolute atomic E-state index is 0.158. The minimum Gasteiger partial charge on any atom is -0.497 e. The Morgan fingerprint density at radius 3 is 2.25 bits per heavy atom. The molecule has 0 heterocycles. The topological polar surface area (TPSA) is 79.8 Å². The molecule has 0 aliphatic heterocycles. The zero-order valence-corrected chi connectivity index (χ0v) is 18.8. The maximum atomic E-state index is 12.2. The van der Waals surface area contributed by atoms with Gasteiger partial charge in [-0.25, -0.2) is 5.43 Å². The highest BCUT2D eigenvalue weighted by Gasteiger charge is 2.06. The number of nitrogens with zero attached hydrogens (tertiary/aromatic N) is 1. The number of nitrogens with one attached hydrogen (secondary N) is 2. The molecular formula is C25H25N3O3S. The minimum atomic E-state index is -0.164. The second-order valence-electron chi connectivity index (χ2n) is 6.97. The van der Waals surface area contributed by atoms with Crippen molar-refractivity contribution in [2.75, 3.05) is 18.2 Å². The molecule has 0 aliphatic carbocycles. The van der Waals surface area contributed by atoms with E-state index in [0.717, 1.165) is 22.6 Å². The molecule has 2 N–H and O–H groups in total. The van der Waals surface area contributed by atoms with Crippen LogP contribution in [0.4, 0.5) is 5.69 Å². The summed E-state index contributed by atoms with van der Waals surface area (Å²) < 4.78 is 5.14. The van der Waals surface area contributed by atoms with E-state index in [2.05, 4.69) is 15.8 Å². The Morgan fingerprint density at radius 1 is 0.906 bits per heavy atom. The molecule has 32 heavy (non-hydrogen) atoms. The molecule has 0 saturated heterocycles. The van der Waals surface area contributed by atoms with Crippen LogP contribution in [0.15, 0.2) is 84.0 Å². The molecule has 3 aromatic carbocycles. The molecule has 0 spiro atoms. The Labute approximate surface area is 192 Å².